The molecule has 5 nitrogen and oxygen atoms in total. The van der Waals surface area contributed by atoms with E-state index in [1.807, 2.05) is 19.9 Å². The first kappa shape index (κ1) is 16.9. The highest BCUT2D eigenvalue weighted by molar-refractivity contribution is 8.00. The fourth-order valence-electron chi connectivity index (χ4n) is 2.02. The van der Waals surface area contributed by atoms with E-state index in [2.05, 4.69) is 5.32 Å². The van der Waals surface area contributed by atoms with Crippen molar-refractivity contribution in [2.24, 2.45) is 0 Å². The number of nitrogens with zero attached hydrogens (tertiary/aromatic N) is 1. The molecule has 0 radical (unpaired) electrons. The number of aliphatic hydroxyl groups excluding tert-OH is 1. The lowest BCUT2D eigenvalue weighted by molar-refractivity contribution is -0.137. The van der Waals surface area contributed by atoms with Crippen molar-refractivity contribution in [3.8, 4) is 0 Å². The predicted molar refractivity (Wildman–Crippen MR) is 88.0 cm³/mol. The highest BCUT2D eigenvalue weighted by atomic mass is 35.5. The Hall–Kier alpha value is -1.50. The summed E-state index contributed by atoms with van der Waals surface area (Å²) in [6, 6.07) is 5.37. The summed E-state index contributed by atoms with van der Waals surface area (Å²) in [6.45, 7) is 3.82. The largest absolute Gasteiger partial charge is 0.395 e. The lowest BCUT2D eigenvalue weighted by Crippen LogP contribution is -2.34. The van der Waals surface area contributed by atoms with Crippen molar-refractivity contribution in [3.05, 3.63) is 35.0 Å². The van der Waals surface area contributed by atoms with E-state index in [1.54, 1.807) is 23.9 Å². The number of carbonyl (C=O) groups is 2. The van der Waals surface area contributed by atoms with Gasteiger partial charge in [0.2, 0.25) is 0 Å². The van der Waals surface area contributed by atoms with E-state index in [-0.39, 0.29) is 18.8 Å². The van der Waals surface area contributed by atoms with Crippen molar-refractivity contribution in [3.63, 3.8) is 0 Å². The molecule has 118 valence electrons. The van der Waals surface area contributed by atoms with E-state index in [1.165, 1.54) is 6.08 Å². The lowest BCUT2D eigenvalue weighted by Gasteiger charge is -2.16. The van der Waals surface area contributed by atoms with Crippen LogP contribution >= 0.6 is 23.4 Å². The molecule has 2 N–H and O–H groups in total. The second-order valence-corrected chi connectivity index (χ2v) is 6.98. The molecule has 2 rings (SSSR count). The highest BCUT2D eigenvalue weighted by Crippen LogP contribution is 2.37. The molecule has 7 heteroatoms. The number of hydrogen-bond donors (Lipinski definition) is 2. The van der Waals surface area contributed by atoms with Gasteiger partial charge in [0.25, 0.3) is 11.8 Å². The molecule has 1 heterocycles. The SMILES string of the molecule is CC(C)Sc1c(Cl)cccc1NC1=CC(=O)N(CCO)C1=O. The maximum Gasteiger partial charge on any atom is 0.277 e. The van der Waals surface area contributed by atoms with Gasteiger partial charge in [-0.05, 0) is 12.1 Å². The van der Waals surface area contributed by atoms with Crippen LogP contribution in [0.15, 0.2) is 34.9 Å². The number of benzene rings is 1. The summed E-state index contributed by atoms with van der Waals surface area (Å²) < 4.78 is 0. The number of aliphatic hydroxyl groups is 1. The van der Waals surface area contributed by atoms with E-state index < -0.39 is 11.8 Å². The van der Waals surface area contributed by atoms with Gasteiger partial charge in [-0.1, -0.05) is 31.5 Å². The average molecular weight is 341 g/mol. The quantitative estimate of drug-likeness (QED) is 0.615. The number of β-amino-alcohol motifs (C(OH)–C–C–N with tert-alkyl or cyclic N) is 1. The third-order valence-corrected chi connectivity index (χ3v) is 4.50. The van der Waals surface area contributed by atoms with Crippen LogP contribution in [0.1, 0.15) is 13.8 Å². The normalized spacial score (nSPS) is 14.8. The molecule has 0 saturated heterocycles. The van der Waals surface area contributed by atoms with Crippen LogP contribution in [0.3, 0.4) is 0 Å². The van der Waals surface area contributed by atoms with Gasteiger partial charge in [0, 0.05) is 16.2 Å². The Kier molecular flexibility index (Phi) is 5.50. The van der Waals surface area contributed by atoms with Crippen molar-refractivity contribution < 1.29 is 14.7 Å². The van der Waals surface area contributed by atoms with Crippen molar-refractivity contribution >= 4 is 40.9 Å². The van der Waals surface area contributed by atoms with Crippen molar-refractivity contribution in [2.45, 2.75) is 24.0 Å². The fourth-order valence-corrected chi connectivity index (χ4v) is 3.22. The molecule has 0 aliphatic carbocycles. The van der Waals surface area contributed by atoms with Crippen molar-refractivity contribution in [2.75, 3.05) is 18.5 Å². The molecule has 1 aromatic rings. The van der Waals surface area contributed by atoms with Gasteiger partial charge in [-0.15, -0.1) is 11.8 Å². The lowest BCUT2D eigenvalue weighted by atomic mass is 10.3. The summed E-state index contributed by atoms with van der Waals surface area (Å²) in [4.78, 5) is 25.7. The van der Waals surface area contributed by atoms with Crippen molar-refractivity contribution in [1.29, 1.82) is 0 Å². The van der Waals surface area contributed by atoms with Crippen LogP contribution in [0, 0.1) is 0 Å². The van der Waals surface area contributed by atoms with Crippen LogP contribution in [0.25, 0.3) is 0 Å². The topological polar surface area (TPSA) is 69.6 Å². The number of hydrogen-bond acceptors (Lipinski definition) is 5. The van der Waals surface area contributed by atoms with Crippen LogP contribution in [-0.2, 0) is 9.59 Å². The molecule has 0 unspecified atom stereocenters. The Morgan fingerprint density at radius 3 is 2.73 bits per heavy atom. The zero-order valence-electron chi connectivity index (χ0n) is 12.3. The molecule has 1 aromatic carbocycles. The Bertz CT molecular complexity index is 631. The molecule has 0 saturated carbocycles. The minimum Gasteiger partial charge on any atom is -0.395 e. The Labute approximate surface area is 138 Å². The minimum absolute atomic E-state index is 0.0114. The molecule has 0 spiro atoms. The van der Waals surface area contributed by atoms with Gasteiger partial charge >= 0.3 is 0 Å². The zero-order chi connectivity index (χ0) is 16.3. The zero-order valence-corrected chi connectivity index (χ0v) is 13.9. The van der Waals surface area contributed by atoms with Crippen LogP contribution in [0.4, 0.5) is 5.69 Å². The molecule has 0 bridgehead atoms. The summed E-state index contributed by atoms with van der Waals surface area (Å²) in [5.41, 5.74) is 0.871. The second-order valence-electron chi connectivity index (χ2n) is 4.98. The van der Waals surface area contributed by atoms with E-state index in [4.69, 9.17) is 16.7 Å². The average Bonchev–Trinajstić information content (AvgIpc) is 2.70. The molecule has 2 amide bonds. The first-order chi connectivity index (χ1) is 10.4. The van der Waals surface area contributed by atoms with E-state index in [0.29, 0.717) is 16.0 Å². The van der Waals surface area contributed by atoms with Gasteiger partial charge in [0.1, 0.15) is 5.70 Å². The minimum atomic E-state index is -0.445. The first-order valence-corrected chi connectivity index (χ1v) is 8.10. The standard InChI is InChI=1S/C15H17ClN2O3S/c1-9(2)22-14-10(16)4-3-5-11(14)17-12-8-13(20)18(6-7-19)15(12)21/h3-5,8-9,17,19H,6-7H2,1-2H3. The van der Waals surface area contributed by atoms with Gasteiger partial charge < -0.3 is 10.4 Å². The number of anilines is 1. The second kappa shape index (κ2) is 7.17. The summed E-state index contributed by atoms with van der Waals surface area (Å²) in [7, 11) is 0. The van der Waals surface area contributed by atoms with Crippen LogP contribution in [0.5, 0.6) is 0 Å². The molecule has 1 aliphatic rings. The van der Waals surface area contributed by atoms with Crippen LogP contribution in [0.2, 0.25) is 5.02 Å². The summed E-state index contributed by atoms with van der Waals surface area (Å²) in [5, 5.41) is 12.8. The van der Waals surface area contributed by atoms with E-state index >= 15 is 0 Å². The van der Waals surface area contributed by atoms with E-state index in [0.717, 1.165) is 9.80 Å². The third-order valence-electron chi connectivity index (χ3n) is 2.92. The van der Waals surface area contributed by atoms with Gasteiger partial charge in [-0.25, -0.2) is 0 Å². The Balaban J connectivity index is 2.25. The number of thioether (sulfide) groups is 1. The fraction of sp³-hybridized carbons (Fsp3) is 0.333. The van der Waals surface area contributed by atoms with Crippen molar-refractivity contribution in [1.82, 2.24) is 4.90 Å². The highest BCUT2D eigenvalue weighted by Gasteiger charge is 2.31. The van der Waals surface area contributed by atoms with Gasteiger partial charge in [0.15, 0.2) is 0 Å². The van der Waals surface area contributed by atoms with Crippen LogP contribution in [-0.4, -0.2) is 40.2 Å². The summed E-state index contributed by atoms with van der Waals surface area (Å²) in [5.74, 6) is -0.874. The Morgan fingerprint density at radius 1 is 1.36 bits per heavy atom. The van der Waals surface area contributed by atoms with E-state index in [9.17, 15) is 9.59 Å². The van der Waals surface area contributed by atoms with Crippen LogP contribution < -0.4 is 5.32 Å². The number of rotatable bonds is 6. The number of nitrogens with one attached hydrogen (secondary N) is 1. The maximum atomic E-state index is 12.2. The molecule has 0 aromatic heterocycles. The van der Waals surface area contributed by atoms with Gasteiger partial charge in [-0.2, -0.15) is 0 Å². The molecule has 0 fully saturated rings. The first-order valence-electron chi connectivity index (χ1n) is 6.84. The predicted octanol–water partition coefficient (Wildman–Crippen LogP) is 2.50. The number of imide groups is 1. The number of halogens is 1. The third kappa shape index (κ3) is 3.63. The van der Waals surface area contributed by atoms with Gasteiger partial charge in [0.05, 0.1) is 23.9 Å². The Morgan fingerprint density at radius 2 is 2.09 bits per heavy atom. The summed E-state index contributed by atoms with van der Waals surface area (Å²) >= 11 is 7.80. The molecular formula is C15H17ClN2O3S. The number of amides is 2. The summed E-state index contributed by atoms with van der Waals surface area (Å²) in [6.07, 6.45) is 1.24. The number of carbonyl (C=O) groups excluding carboxylic acids is 2. The molecule has 1 aliphatic heterocycles. The maximum absolute atomic E-state index is 12.2. The smallest absolute Gasteiger partial charge is 0.277 e. The molecule has 0 atom stereocenters. The molecule has 22 heavy (non-hydrogen) atoms. The molecular weight excluding hydrogens is 324 g/mol. The monoisotopic (exact) mass is 340 g/mol. The van der Waals surface area contributed by atoms with Gasteiger partial charge in [-0.3, -0.25) is 14.5 Å².